The van der Waals surface area contributed by atoms with Crippen molar-refractivity contribution in [3.63, 3.8) is 0 Å². The van der Waals surface area contributed by atoms with E-state index in [0.29, 0.717) is 5.82 Å². The molecule has 0 aliphatic heterocycles. The molecule has 5 heteroatoms. The molecule has 0 bridgehead atoms. The average Bonchev–Trinajstić information content (AvgIpc) is 2.69. The largest absolute Gasteiger partial charge is 0.274 e. The maximum absolute atomic E-state index is 12.1. The highest BCUT2D eigenvalue weighted by molar-refractivity contribution is 14.1. The summed E-state index contributed by atoms with van der Waals surface area (Å²) in [4.78, 5) is 16.4. The highest BCUT2D eigenvalue weighted by Gasteiger charge is 2.08. The van der Waals surface area contributed by atoms with Crippen molar-refractivity contribution >= 4 is 44.2 Å². The topological polar surface area (TPSA) is 34.9 Å². The molecule has 0 unspecified atom stereocenters. The van der Waals surface area contributed by atoms with Gasteiger partial charge >= 0.3 is 0 Å². The molecule has 0 atom stereocenters. The van der Waals surface area contributed by atoms with Crippen molar-refractivity contribution in [2.75, 3.05) is 0 Å². The highest BCUT2D eigenvalue weighted by Crippen LogP contribution is 2.18. The van der Waals surface area contributed by atoms with Crippen LogP contribution in [0.2, 0.25) is 0 Å². The Morgan fingerprint density at radius 2 is 2.00 bits per heavy atom. The minimum absolute atomic E-state index is 0.000641. The molecule has 3 rings (SSSR count). The number of rotatable bonds is 1. The second kappa shape index (κ2) is 4.23. The number of pyridine rings is 1. The summed E-state index contributed by atoms with van der Waals surface area (Å²) >= 11 is 3.61. The van der Waals surface area contributed by atoms with E-state index in [4.69, 9.17) is 0 Å². The molecule has 0 aliphatic carbocycles. The van der Waals surface area contributed by atoms with Crippen molar-refractivity contribution in [1.82, 2.24) is 8.94 Å². The number of halogens is 1. The first-order valence-corrected chi connectivity index (χ1v) is 6.84. The molecule has 2 aromatic heterocycles. The van der Waals surface area contributed by atoms with E-state index < -0.39 is 0 Å². The van der Waals surface area contributed by atoms with Gasteiger partial charge in [-0.05, 0) is 58.4 Å². The predicted molar refractivity (Wildman–Crippen MR) is 77.9 cm³/mol. The Kier molecular flexibility index (Phi) is 2.71. The van der Waals surface area contributed by atoms with Gasteiger partial charge in [0.05, 0.1) is 10.1 Å². The summed E-state index contributed by atoms with van der Waals surface area (Å²) in [5.74, 6) is 0.677. The Bertz CT molecular complexity index is 730. The number of fused-ring (bicyclic) bond motifs is 1. The smallest absolute Gasteiger partial charge is 0.267 e. The van der Waals surface area contributed by atoms with Crippen LogP contribution < -0.4 is 5.56 Å². The van der Waals surface area contributed by atoms with E-state index in [-0.39, 0.29) is 5.56 Å². The minimum Gasteiger partial charge on any atom is -0.267 e. The van der Waals surface area contributed by atoms with Gasteiger partial charge in [-0.1, -0.05) is 12.1 Å². The monoisotopic (exact) mass is 354 g/mol. The quantitative estimate of drug-likeness (QED) is 0.630. The molecule has 84 valence electrons. The van der Waals surface area contributed by atoms with Gasteiger partial charge in [0.1, 0.15) is 5.82 Å². The Hall–Kier alpha value is -1.21. The summed E-state index contributed by atoms with van der Waals surface area (Å²) in [6.07, 6.45) is 1.76. The van der Waals surface area contributed by atoms with Crippen molar-refractivity contribution in [3.05, 3.63) is 56.5 Å². The standard InChI is InChI=1S/C12H7IN2OS/c13-8-5-6-11(14-7-8)15-12(16)9-3-1-2-4-10(9)17-15/h1-7H. The van der Waals surface area contributed by atoms with Gasteiger partial charge in [-0.2, -0.15) is 0 Å². The lowest BCUT2D eigenvalue weighted by atomic mass is 10.3. The van der Waals surface area contributed by atoms with Gasteiger partial charge in [0, 0.05) is 9.77 Å². The molecular weight excluding hydrogens is 347 g/mol. The van der Waals surface area contributed by atoms with Gasteiger partial charge in [0.25, 0.3) is 5.56 Å². The first-order chi connectivity index (χ1) is 8.25. The molecular formula is C12H7IN2OS. The molecule has 0 spiro atoms. The van der Waals surface area contributed by atoms with Crippen LogP contribution in [0.15, 0.2) is 47.4 Å². The van der Waals surface area contributed by atoms with E-state index in [1.54, 1.807) is 10.2 Å². The fraction of sp³-hybridized carbons (Fsp3) is 0. The van der Waals surface area contributed by atoms with Crippen LogP contribution >= 0.6 is 34.1 Å². The van der Waals surface area contributed by atoms with E-state index in [2.05, 4.69) is 27.6 Å². The van der Waals surface area contributed by atoms with Crippen LogP contribution in [0.1, 0.15) is 0 Å². The molecule has 0 aliphatic rings. The van der Waals surface area contributed by atoms with Gasteiger partial charge in [-0.3, -0.25) is 4.79 Å². The fourth-order valence-corrected chi connectivity index (χ4v) is 2.90. The van der Waals surface area contributed by atoms with Gasteiger partial charge < -0.3 is 0 Å². The minimum atomic E-state index is -0.000641. The average molecular weight is 354 g/mol. The normalized spacial score (nSPS) is 10.9. The number of hydrogen-bond acceptors (Lipinski definition) is 3. The summed E-state index contributed by atoms with van der Waals surface area (Å²) in [6, 6.07) is 11.4. The summed E-state index contributed by atoms with van der Waals surface area (Å²) in [6.45, 7) is 0. The molecule has 0 N–H and O–H groups in total. The van der Waals surface area contributed by atoms with Gasteiger partial charge in [0.2, 0.25) is 0 Å². The molecule has 0 fully saturated rings. The maximum Gasteiger partial charge on any atom is 0.274 e. The lowest BCUT2D eigenvalue weighted by Gasteiger charge is -1.97. The summed E-state index contributed by atoms with van der Waals surface area (Å²) in [5, 5.41) is 0.748. The third-order valence-electron chi connectivity index (χ3n) is 2.41. The molecule has 0 radical (unpaired) electrons. The summed E-state index contributed by atoms with van der Waals surface area (Å²) in [5.41, 5.74) is -0.000641. The van der Waals surface area contributed by atoms with Crippen molar-refractivity contribution in [2.24, 2.45) is 0 Å². The Labute approximate surface area is 115 Å². The zero-order chi connectivity index (χ0) is 11.8. The van der Waals surface area contributed by atoms with Crippen LogP contribution in [0.3, 0.4) is 0 Å². The first-order valence-electron chi connectivity index (χ1n) is 4.99. The molecule has 3 nitrogen and oxygen atoms in total. The van der Waals surface area contributed by atoms with E-state index in [0.717, 1.165) is 13.7 Å². The molecule has 0 amide bonds. The van der Waals surface area contributed by atoms with E-state index in [9.17, 15) is 4.79 Å². The third kappa shape index (κ3) is 1.89. The van der Waals surface area contributed by atoms with Crippen LogP contribution in [0, 0.1) is 3.57 Å². The van der Waals surface area contributed by atoms with Crippen molar-refractivity contribution in [2.45, 2.75) is 0 Å². The molecule has 0 saturated heterocycles. The number of benzene rings is 1. The van der Waals surface area contributed by atoms with Gasteiger partial charge in [0.15, 0.2) is 0 Å². The van der Waals surface area contributed by atoms with Gasteiger partial charge in [-0.15, -0.1) is 0 Å². The van der Waals surface area contributed by atoms with Crippen LogP contribution in [0.25, 0.3) is 15.9 Å². The molecule has 0 saturated carbocycles. The van der Waals surface area contributed by atoms with Crippen molar-refractivity contribution in [1.29, 1.82) is 0 Å². The van der Waals surface area contributed by atoms with Crippen LogP contribution in [0.4, 0.5) is 0 Å². The Morgan fingerprint density at radius 1 is 1.18 bits per heavy atom. The molecule has 2 heterocycles. The van der Waals surface area contributed by atoms with Crippen LogP contribution in [0.5, 0.6) is 0 Å². The summed E-state index contributed by atoms with van der Waals surface area (Å²) in [7, 11) is 0. The maximum atomic E-state index is 12.1. The lowest BCUT2D eigenvalue weighted by molar-refractivity contribution is 1.05. The Morgan fingerprint density at radius 3 is 2.71 bits per heavy atom. The van der Waals surface area contributed by atoms with Gasteiger partial charge in [-0.25, -0.2) is 8.94 Å². The van der Waals surface area contributed by atoms with E-state index >= 15 is 0 Å². The van der Waals surface area contributed by atoms with Crippen molar-refractivity contribution in [3.8, 4) is 5.82 Å². The zero-order valence-corrected chi connectivity index (χ0v) is 11.6. The molecule has 3 aromatic rings. The highest BCUT2D eigenvalue weighted by atomic mass is 127. The third-order valence-corrected chi connectivity index (χ3v) is 4.14. The fourth-order valence-electron chi connectivity index (χ4n) is 1.61. The second-order valence-corrected chi connectivity index (χ2v) is 5.75. The summed E-state index contributed by atoms with van der Waals surface area (Å²) < 4.78 is 3.67. The number of hydrogen-bond donors (Lipinski definition) is 0. The van der Waals surface area contributed by atoms with Crippen molar-refractivity contribution < 1.29 is 0 Å². The number of nitrogens with zero attached hydrogens (tertiary/aromatic N) is 2. The SMILES string of the molecule is O=c1c2ccccc2sn1-c1ccc(I)cn1. The molecule has 1 aromatic carbocycles. The van der Waals surface area contributed by atoms with E-state index in [1.165, 1.54) is 11.5 Å². The lowest BCUT2D eigenvalue weighted by Crippen LogP contribution is -2.11. The zero-order valence-electron chi connectivity index (χ0n) is 8.63. The molecule has 17 heavy (non-hydrogen) atoms. The predicted octanol–water partition coefficient (Wildman–Crippen LogP) is 3.05. The number of aromatic nitrogens is 2. The first kappa shape index (κ1) is 10.9. The Balaban J connectivity index is 2.27. The van der Waals surface area contributed by atoms with Crippen LogP contribution in [-0.2, 0) is 0 Å². The van der Waals surface area contributed by atoms with Crippen LogP contribution in [-0.4, -0.2) is 8.94 Å². The van der Waals surface area contributed by atoms with E-state index in [1.807, 2.05) is 36.4 Å². The second-order valence-electron chi connectivity index (χ2n) is 3.52.